The molecule has 0 saturated heterocycles. The first-order valence-corrected chi connectivity index (χ1v) is 11.0. The molecule has 4 nitrogen and oxygen atoms in total. The van der Waals surface area contributed by atoms with Crippen molar-refractivity contribution in [2.75, 3.05) is 5.32 Å². The van der Waals surface area contributed by atoms with Crippen LogP contribution in [0.15, 0.2) is 83.6 Å². The second kappa shape index (κ2) is 9.31. The van der Waals surface area contributed by atoms with E-state index in [2.05, 4.69) is 87.2 Å². The number of carbonyl (C=O) groups excluding carboxylic acids is 1. The average Bonchev–Trinajstić information content (AvgIpc) is 3.05. The molecule has 31 heavy (non-hydrogen) atoms. The van der Waals surface area contributed by atoms with Crippen LogP contribution in [0.1, 0.15) is 22.4 Å². The van der Waals surface area contributed by atoms with E-state index in [0.717, 1.165) is 38.2 Å². The van der Waals surface area contributed by atoms with Gasteiger partial charge in [-0.2, -0.15) is 0 Å². The number of aromatic nitrogens is 2. The fourth-order valence-electron chi connectivity index (χ4n) is 3.67. The Morgan fingerprint density at radius 3 is 2.42 bits per heavy atom. The molecule has 1 amide bonds. The van der Waals surface area contributed by atoms with E-state index in [1.54, 1.807) is 6.20 Å². The van der Waals surface area contributed by atoms with Crippen molar-refractivity contribution in [3.8, 4) is 11.1 Å². The Hall–Kier alpha value is -3.18. The molecule has 156 valence electrons. The minimum Gasteiger partial charge on any atom is -0.329 e. The van der Waals surface area contributed by atoms with Crippen LogP contribution in [0.2, 0.25) is 0 Å². The van der Waals surface area contributed by atoms with Gasteiger partial charge in [-0.15, -0.1) is 0 Å². The third-order valence-electron chi connectivity index (χ3n) is 5.20. The topological polar surface area (TPSA) is 46.9 Å². The largest absolute Gasteiger partial charge is 0.329 e. The number of amides is 1. The van der Waals surface area contributed by atoms with Crippen molar-refractivity contribution in [2.45, 2.75) is 26.8 Å². The molecule has 0 aliphatic carbocycles. The second-order valence-corrected chi connectivity index (χ2v) is 8.62. The molecule has 0 aliphatic rings. The van der Waals surface area contributed by atoms with Gasteiger partial charge in [-0.25, -0.2) is 0 Å². The van der Waals surface area contributed by atoms with E-state index in [1.165, 1.54) is 5.56 Å². The Kier molecular flexibility index (Phi) is 6.33. The number of rotatable bonds is 6. The zero-order valence-corrected chi connectivity index (χ0v) is 19.2. The Labute approximate surface area is 191 Å². The summed E-state index contributed by atoms with van der Waals surface area (Å²) < 4.78 is 3.16. The van der Waals surface area contributed by atoms with Crippen LogP contribution in [0.5, 0.6) is 0 Å². The maximum Gasteiger partial charge on any atom is 0.231 e. The maximum absolute atomic E-state index is 12.9. The highest BCUT2D eigenvalue weighted by molar-refractivity contribution is 9.10. The highest BCUT2D eigenvalue weighted by atomic mass is 79.9. The average molecular weight is 474 g/mol. The quantitative estimate of drug-likeness (QED) is 0.364. The lowest BCUT2D eigenvalue weighted by Gasteiger charge is -2.14. The maximum atomic E-state index is 12.9. The molecule has 2 heterocycles. The van der Waals surface area contributed by atoms with E-state index >= 15 is 0 Å². The number of anilines is 1. The monoisotopic (exact) mass is 473 g/mol. The number of pyridine rings is 1. The van der Waals surface area contributed by atoms with E-state index < -0.39 is 0 Å². The number of halogens is 1. The summed E-state index contributed by atoms with van der Waals surface area (Å²) in [5.41, 5.74) is 6.37. The van der Waals surface area contributed by atoms with E-state index in [9.17, 15) is 4.79 Å². The molecule has 0 aliphatic heterocycles. The van der Waals surface area contributed by atoms with E-state index in [0.29, 0.717) is 6.54 Å². The van der Waals surface area contributed by atoms with Crippen molar-refractivity contribution in [3.05, 3.63) is 106 Å². The van der Waals surface area contributed by atoms with Crippen LogP contribution in [0.3, 0.4) is 0 Å². The fraction of sp³-hybridized carbons (Fsp3) is 0.154. The SMILES string of the molecule is Cc1ccc(-c2c(C)cn(Cc3ccc(Br)cc3)c2NC(=O)Cc2ccccn2)cc1. The van der Waals surface area contributed by atoms with Gasteiger partial charge in [0.15, 0.2) is 0 Å². The number of carbonyl (C=O) groups is 1. The smallest absolute Gasteiger partial charge is 0.231 e. The number of hydrogen-bond acceptors (Lipinski definition) is 2. The molecule has 0 saturated carbocycles. The van der Waals surface area contributed by atoms with Crippen LogP contribution < -0.4 is 5.32 Å². The van der Waals surface area contributed by atoms with Crippen molar-refractivity contribution in [2.24, 2.45) is 0 Å². The molecular formula is C26H24BrN3O. The predicted octanol–water partition coefficient (Wildman–Crippen LogP) is 6.16. The Morgan fingerprint density at radius 2 is 1.74 bits per heavy atom. The van der Waals surface area contributed by atoms with Gasteiger partial charge in [-0.3, -0.25) is 9.78 Å². The lowest BCUT2D eigenvalue weighted by molar-refractivity contribution is -0.115. The van der Waals surface area contributed by atoms with Gasteiger partial charge in [0.05, 0.1) is 6.42 Å². The van der Waals surface area contributed by atoms with Crippen LogP contribution in [-0.2, 0) is 17.8 Å². The summed E-state index contributed by atoms with van der Waals surface area (Å²) >= 11 is 3.49. The van der Waals surface area contributed by atoms with Crippen LogP contribution in [-0.4, -0.2) is 15.5 Å². The lowest BCUT2D eigenvalue weighted by Crippen LogP contribution is -2.18. The fourth-order valence-corrected chi connectivity index (χ4v) is 3.93. The number of nitrogens with zero attached hydrogens (tertiary/aromatic N) is 2. The highest BCUT2D eigenvalue weighted by Crippen LogP contribution is 2.34. The first kappa shape index (κ1) is 21.1. The first-order valence-electron chi connectivity index (χ1n) is 10.2. The summed E-state index contributed by atoms with van der Waals surface area (Å²) in [6, 6.07) is 22.3. The summed E-state index contributed by atoms with van der Waals surface area (Å²) in [4.78, 5) is 17.2. The summed E-state index contributed by atoms with van der Waals surface area (Å²) in [5, 5.41) is 3.17. The molecule has 4 aromatic rings. The molecule has 5 heteroatoms. The van der Waals surface area contributed by atoms with E-state index in [-0.39, 0.29) is 12.3 Å². The number of nitrogens with one attached hydrogen (secondary N) is 1. The van der Waals surface area contributed by atoms with Gasteiger partial charge in [0, 0.05) is 34.7 Å². The second-order valence-electron chi connectivity index (χ2n) is 7.70. The van der Waals surface area contributed by atoms with Crippen LogP contribution in [0.4, 0.5) is 5.82 Å². The van der Waals surface area contributed by atoms with E-state index in [1.807, 2.05) is 30.3 Å². The molecule has 2 aromatic carbocycles. The van der Waals surface area contributed by atoms with Gasteiger partial charge in [0.25, 0.3) is 0 Å². The zero-order chi connectivity index (χ0) is 21.8. The highest BCUT2D eigenvalue weighted by Gasteiger charge is 2.18. The summed E-state index contributed by atoms with van der Waals surface area (Å²) in [5.74, 6) is 0.729. The number of benzene rings is 2. The minimum absolute atomic E-state index is 0.0813. The molecule has 4 rings (SSSR count). The third-order valence-corrected chi connectivity index (χ3v) is 5.73. The van der Waals surface area contributed by atoms with Crippen LogP contribution in [0, 0.1) is 13.8 Å². The predicted molar refractivity (Wildman–Crippen MR) is 129 cm³/mol. The number of aryl methyl sites for hydroxylation is 2. The zero-order valence-electron chi connectivity index (χ0n) is 17.6. The van der Waals surface area contributed by atoms with Gasteiger partial charge in [0.1, 0.15) is 5.82 Å². The molecule has 0 bridgehead atoms. The molecule has 0 radical (unpaired) electrons. The molecule has 0 atom stereocenters. The molecule has 1 N–H and O–H groups in total. The molecule has 0 fully saturated rings. The summed E-state index contributed by atoms with van der Waals surface area (Å²) in [6.07, 6.45) is 4.05. The van der Waals surface area contributed by atoms with Crippen molar-refractivity contribution in [1.82, 2.24) is 9.55 Å². The molecule has 0 unspecified atom stereocenters. The third kappa shape index (κ3) is 5.12. The Bertz CT molecular complexity index is 1180. The van der Waals surface area contributed by atoms with Crippen LogP contribution in [0.25, 0.3) is 11.1 Å². The van der Waals surface area contributed by atoms with Crippen molar-refractivity contribution in [1.29, 1.82) is 0 Å². The molecular weight excluding hydrogens is 450 g/mol. The van der Waals surface area contributed by atoms with E-state index in [4.69, 9.17) is 0 Å². The van der Waals surface area contributed by atoms with Crippen LogP contribution >= 0.6 is 15.9 Å². The van der Waals surface area contributed by atoms with Gasteiger partial charge in [0.2, 0.25) is 5.91 Å². The van der Waals surface area contributed by atoms with Crippen molar-refractivity contribution < 1.29 is 4.79 Å². The Balaban J connectivity index is 1.70. The molecule has 0 spiro atoms. The standard InChI is InChI=1S/C26H24BrN3O/c1-18-6-10-21(11-7-18)25-19(2)16-30(17-20-8-12-22(27)13-9-20)26(25)29-24(31)15-23-5-3-4-14-28-23/h3-14,16H,15,17H2,1-2H3,(H,29,31). The summed E-state index contributed by atoms with van der Waals surface area (Å²) in [6.45, 7) is 4.83. The molecule has 2 aromatic heterocycles. The summed E-state index contributed by atoms with van der Waals surface area (Å²) in [7, 11) is 0. The first-order chi connectivity index (χ1) is 15.0. The Morgan fingerprint density at radius 1 is 1.00 bits per heavy atom. The van der Waals surface area contributed by atoms with Gasteiger partial charge < -0.3 is 9.88 Å². The van der Waals surface area contributed by atoms with Gasteiger partial charge in [-0.05, 0) is 54.8 Å². The minimum atomic E-state index is -0.0813. The normalized spacial score (nSPS) is 10.8. The van der Waals surface area contributed by atoms with Crippen molar-refractivity contribution in [3.63, 3.8) is 0 Å². The van der Waals surface area contributed by atoms with Gasteiger partial charge >= 0.3 is 0 Å². The van der Waals surface area contributed by atoms with Gasteiger partial charge in [-0.1, -0.05) is 64.0 Å². The number of hydrogen-bond donors (Lipinski definition) is 1. The van der Waals surface area contributed by atoms with Crippen molar-refractivity contribution >= 4 is 27.7 Å². The lowest BCUT2D eigenvalue weighted by atomic mass is 10.0.